The molecule has 0 bridgehead atoms. The van der Waals surface area contributed by atoms with Crippen molar-refractivity contribution < 1.29 is 0 Å². The van der Waals surface area contributed by atoms with E-state index >= 15 is 0 Å². The Morgan fingerprint density at radius 2 is 0.523 bits per heavy atom. The number of rotatable bonds is 9. The van der Waals surface area contributed by atoms with Gasteiger partial charge in [0, 0.05) is 61.1 Å². The number of hydrogen-bond donors (Lipinski definition) is 0. The van der Waals surface area contributed by atoms with Crippen LogP contribution in [0.15, 0.2) is 340 Å². The van der Waals surface area contributed by atoms with Gasteiger partial charge in [0.1, 0.15) is 11.6 Å². The maximum Gasteiger partial charge on any atom is 0.237 e. The number of nitrogens with zero attached hydrogens (tertiary/aromatic N) is 16. The molecule has 25 aromatic rings. The topological polar surface area (TPSA) is 133 Å². The summed E-state index contributed by atoms with van der Waals surface area (Å²) in [5.74, 6) is 4.62. The molecule has 0 amide bonds. The molecule has 0 aliphatic carbocycles. The molecule has 0 N–H and O–H groups in total. The predicted molar refractivity (Wildman–Crippen MR) is 446 cm³/mol. The van der Waals surface area contributed by atoms with Crippen molar-refractivity contribution in [3.63, 3.8) is 0 Å². The zero-order chi connectivity index (χ0) is 72.3. The van der Waals surface area contributed by atoms with Gasteiger partial charge in [-0.05, 0) is 121 Å². The van der Waals surface area contributed by atoms with Crippen LogP contribution in [0, 0.1) is 0 Å². The lowest BCUT2D eigenvalue weighted by molar-refractivity contribution is 0.942. The molecule has 16 heteroatoms. The van der Waals surface area contributed by atoms with Crippen LogP contribution in [0.2, 0.25) is 0 Å². The summed E-state index contributed by atoms with van der Waals surface area (Å²) in [7, 11) is 0. The lowest BCUT2D eigenvalue weighted by Gasteiger charge is -2.16. The summed E-state index contributed by atoms with van der Waals surface area (Å²) >= 11 is 0. The van der Waals surface area contributed by atoms with Gasteiger partial charge in [-0.1, -0.05) is 212 Å². The van der Waals surface area contributed by atoms with E-state index in [1.807, 2.05) is 6.07 Å². The molecule has 16 nitrogen and oxygen atoms in total. The third-order valence-corrected chi connectivity index (χ3v) is 22.7. The van der Waals surface area contributed by atoms with Crippen LogP contribution in [0.25, 0.3) is 217 Å². The van der Waals surface area contributed by atoms with Gasteiger partial charge in [-0.3, -0.25) is 36.0 Å². The monoisotopic (exact) mass is 1420 g/mol. The second-order valence-corrected chi connectivity index (χ2v) is 28.5. The molecule has 11 aromatic heterocycles. The average Bonchev–Trinajstić information content (AvgIpc) is 1.56. The molecule has 0 fully saturated rings. The molecule has 0 radical (unpaired) electrons. The largest absolute Gasteiger partial charge is 0.309 e. The first-order valence-electron chi connectivity index (χ1n) is 37.2. The van der Waals surface area contributed by atoms with Crippen molar-refractivity contribution >= 4 is 149 Å². The second kappa shape index (κ2) is 22.5. The van der Waals surface area contributed by atoms with E-state index in [-0.39, 0.29) is 0 Å². The predicted octanol–water partition coefficient (Wildman–Crippen LogP) is 21.8. The minimum Gasteiger partial charge on any atom is -0.309 e. The van der Waals surface area contributed by atoms with Crippen molar-refractivity contribution in [1.29, 1.82) is 0 Å². The smallest absolute Gasteiger partial charge is 0.237 e. The van der Waals surface area contributed by atoms with E-state index in [0.29, 0.717) is 29.3 Å². The summed E-state index contributed by atoms with van der Waals surface area (Å²) in [5, 5.41) is 6.84. The van der Waals surface area contributed by atoms with Gasteiger partial charge in [0.2, 0.25) is 29.2 Å². The first-order chi connectivity index (χ1) is 55.1. The Balaban J connectivity index is 0.682. The minimum atomic E-state index is 0.527. The van der Waals surface area contributed by atoms with E-state index in [9.17, 15) is 0 Å². The molecule has 516 valence electrons. The Bertz CT molecular complexity index is 8170. The SMILES string of the molecule is c1ccc(-n2c3ccccc3c3ccccc32)c(-c2cc(-n3c4ccccc4n4c5cc(-c6cccc7c6nc6n(-c8ccccc8-c8cc(-n9c%10ccccc%10n%10c%11ccccc%11nc9%10)nc(-n9c%10ccccc%10c%10ccccc%109)n8)c8ccccc8n76)ccc5nc34)nc(-n3c4ccccc4c4ccccc43)n2)c1. The molecule has 0 aliphatic rings. The number of imidazole rings is 6. The van der Waals surface area contributed by atoms with Crippen molar-refractivity contribution in [3.05, 3.63) is 340 Å². The van der Waals surface area contributed by atoms with Crippen molar-refractivity contribution in [2.24, 2.45) is 0 Å². The second-order valence-electron chi connectivity index (χ2n) is 28.5. The fourth-order valence-electron chi connectivity index (χ4n) is 18.0. The van der Waals surface area contributed by atoms with Gasteiger partial charge in [-0.15, -0.1) is 0 Å². The average molecular weight is 1420 g/mol. The van der Waals surface area contributed by atoms with Crippen LogP contribution in [0.3, 0.4) is 0 Å². The Morgan fingerprint density at radius 3 is 1.00 bits per heavy atom. The third kappa shape index (κ3) is 8.32. The molecule has 0 spiro atoms. The van der Waals surface area contributed by atoms with Crippen molar-refractivity contribution in [1.82, 2.24) is 75.5 Å². The quantitative estimate of drug-likeness (QED) is 0.140. The lowest BCUT2D eigenvalue weighted by Crippen LogP contribution is -2.08. The number of fused-ring (bicyclic) bond motifs is 24. The Labute approximate surface area is 629 Å². The molecule has 11 heterocycles. The molecular weight excluding hydrogens is 1370 g/mol. The molecule has 111 heavy (non-hydrogen) atoms. The highest BCUT2D eigenvalue weighted by Gasteiger charge is 2.29. The summed E-state index contributed by atoms with van der Waals surface area (Å²) in [5.41, 5.74) is 24.8. The highest BCUT2D eigenvalue weighted by molar-refractivity contribution is 6.12. The van der Waals surface area contributed by atoms with Gasteiger partial charge < -0.3 is 4.57 Å². The fourth-order valence-corrected chi connectivity index (χ4v) is 18.0. The zero-order valence-corrected chi connectivity index (χ0v) is 59.0. The van der Waals surface area contributed by atoms with E-state index in [1.54, 1.807) is 0 Å². The van der Waals surface area contributed by atoms with Crippen LogP contribution in [-0.2, 0) is 0 Å². The number of hydrogen-bond acceptors (Lipinski definition) is 7. The molecule has 0 atom stereocenters. The van der Waals surface area contributed by atoms with Gasteiger partial charge in [0.15, 0.2) is 0 Å². The van der Waals surface area contributed by atoms with E-state index < -0.39 is 0 Å². The van der Waals surface area contributed by atoms with Gasteiger partial charge in [-0.25, -0.2) is 24.9 Å². The Hall–Kier alpha value is -15.6. The molecule has 0 aliphatic heterocycles. The first-order valence-corrected chi connectivity index (χ1v) is 37.2. The number of benzene rings is 14. The molecular formula is C95H56N16. The van der Waals surface area contributed by atoms with E-state index in [2.05, 4.69) is 374 Å². The fraction of sp³-hybridized carbons (Fsp3) is 0. The molecule has 0 unspecified atom stereocenters. The van der Waals surface area contributed by atoms with Gasteiger partial charge in [-0.2, -0.15) is 9.97 Å². The maximum atomic E-state index is 5.82. The third-order valence-electron chi connectivity index (χ3n) is 22.7. The van der Waals surface area contributed by atoms with Crippen LogP contribution in [0.4, 0.5) is 0 Å². The summed E-state index contributed by atoms with van der Waals surface area (Å²) < 4.78 is 20.3. The molecule has 14 aromatic carbocycles. The molecule has 0 saturated carbocycles. The van der Waals surface area contributed by atoms with Crippen molar-refractivity contribution in [3.8, 4) is 68.5 Å². The Morgan fingerprint density at radius 1 is 0.189 bits per heavy atom. The van der Waals surface area contributed by atoms with Crippen LogP contribution in [0.5, 0.6) is 0 Å². The number of aromatic nitrogens is 16. The molecule has 0 saturated heterocycles. The van der Waals surface area contributed by atoms with E-state index in [4.69, 9.17) is 34.9 Å². The normalized spacial score (nSPS) is 12.3. The van der Waals surface area contributed by atoms with E-state index in [1.165, 1.54) is 10.8 Å². The highest BCUT2D eigenvalue weighted by Crippen LogP contribution is 2.44. The first kappa shape index (κ1) is 59.7. The zero-order valence-electron chi connectivity index (χ0n) is 59.0. The minimum absolute atomic E-state index is 0.527. The summed E-state index contributed by atoms with van der Waals surface area (Å²) in [4.78, 5) is 39.5. The van der Waals surface area contributed by atoms with Gasteiger partial charge >= 0.3 is 0 Å². The van der Waals surface area contributed by atoms with Crippen LogP contribution in [0.1, 0.15) is 0 Å². The summed E-state index contributed by atoms with van der Waals surface area (Å²) in [6.07, 6.45) is 0. The maximum absolute atomic E-state index is 5.82. The van der Waals surface area contributed by atoms with Crippen LogP contribution >= 0.6 is 0 Å². The standard InChI is InChI=1S/C95H56N16/c1-10-36-71-59(26-1)60-27-2-11-37-72(60)103(71)77-42-16-7-32-65(77)69-55-89(101-91(96-69)104-73-38-12-3-28-61(73)62-29-4-13-39-74(62)104)111-85-50-24-22-48-83(85)109-87-54-57(52-53-68(87)99-94(109)111)58-34-25-51-86-90(58)102-95-106(80-45-19-20-46-81(80)108(86)95)78-43-17-8-33-66(78)70-56-88(100-92(97-70)105-75-40-14-5-30-63(75)64-31-6-15-41-76(64)105)110-84-49-23-21-47-82(84)107-79-44-18-9-35-67(79)98-93(107)110/h1-56H. The van der Waals surface area contributed by atoms with Crippen LogP contribution in [-0.4, -0.2) is 75.5 Å². The highest BCUT2D eigenvalue weighted by atomic mass is 15.3. The Kier molecular flexibility index (Phi) is 12.1. The summed E-state index contributed by atoms with van der Waals surface area (Å²) in [6, 6.07) is 120. The van der Waals surface area contributed by atoms with Crippen LogP contribution < -0.4 is 0 Å². The lowest BCUT2D eigenvalue weighted by atomic mass is 10.0. The van der Waals surface area contributed by atoms with Crippen molar-refractivity contribution in [2.75, 3.05) is 0 Å². The van der Waals surface area contributed by atoms with Crippen molar-refractivity contribution in [2.45, 2.75) is 0 Å². The summed E-state index contributed by atoms with van der Waals surface area (Å²) in [6.45, 7) is 0. The van der Waals surface area contributed by atoms with Gasteiger partial charge in [0.25, 0.3) is 0 Å². The number of para-hydroxylation sites is 17. The van der Waals surface area contributed by atoms with E-state index in [0.717, 1.165) is 177 Å². The molecule has 25 rings (SSSR count). The van der Waals surface area contributed by atoms with Gasteiger partial charge in [0.05, 0.1) is 122 Å².